The van der Waals surface area contributed by atoms with Gasteiger partial charge in [-0.05, 0) is 17.7 Å². The van der Waals surface area contributed by atoms with Gasteiger partial charge in [0.15, 0.2) is 0 Å². The Hall–Kier alpha value is -1.10. The minimum Gasteiger partial charge on any atom is -0.492 e. The number of nitrogens with one attached hydrogen (secondary N) is 1. The molecule has 4 heteroatoms. The molecule has 74 valence electrons. The van der Waals surface area contributed by atoms with E-state index in [0.29, 0.717) is 13.0 Å². The Labute approximate surface area is 86.3 Å². The van der Waals surface area contributed by atoms with Crippen LogP contribution < -0.4 is 9.82 Å². The molecule has 0 aliphatic carbocycles. The maximum absolute atomic E-state index is 8.52. The van der Waals surface area contributed by atoms with Crippen LogP contribution in [0.2, 0.25) is 0 Å². The van der Waals surface area contributed by atoms with Gasteiger partial charge in [0.1, 0.15) is 12.4 Å². The summed E-state index contributed by atoms with van der Waals surface area (Å²) in [6.07, 6.45) is 0.430. The SMILES string of the molecule is N#CCc1cccc(OCCNP)c1. The zero-order valence-corrected chi connectivity index (χ0v) is 9.02. The van der Waals surface area contributed by atoms with Crippen LogP contribution >= 0.6 is 9.39 Å². The lowest BCUT2D eigenvalue weighted by molar-refractivity contribution is 0.324. The molecule has 1 unspecified atom stereocenters. The Morgan fingerprint density at radius 1 is 1.50 bits per heavy atom. The Morgan fingerprint density at radius 2 is 2.36 bits per heavy atom. The van der Waals surface area contributed by atoms with Crippen LogP contribution in [0.5, 0.6) is 5.75 Å². The third kappa shape index (κ3) is 3.74. The van der Waals surface area contributed by atoms with Crippen molar-refractivity contribution in [2.24, 2.45) is 0 Å². The van der Waals surface area contributed by atoms with E-state index in [9.17, 15) is 0 Å². The van der Waals surface area contributed by atoms with Crippen molar-refractivity contribution in [2.45, 2.75) is 6.42 Å². The fraction of sp³-hybridized carbons (Fsp3) is 0.300. The van der Waals surface area contributed by atoms with Crippen molar-refractivity contribution in [1.29, 1.82) is 5.26 Å². The molecule has 0 fully saturated rings. The maximum atomic E-state index is 8.52. The quantitative estimate of drug-likeness (QED) is 0.589. The van der Waals surface area contributed by atoms with Crippen LogP contribution in [0.3, 0.4) is 0 Å². The molecular formula is C10H13N2OP. The second-order valence-corrected chi connectivity index (χ2v) is 3.19. The second kappa shape index (κ2) is 6.37. The maximum Gasteiger partial charge on any atom is 0.119 e. The summed E-state index contributed by atoms with van der Waals surface area (Å²) in [5, 5.41) is 11.4. The Morgan fingerprint density at radius 3 is 3.07 bits per heavy atom. The lowest BCUT2D eigenvalue weighted by atomic mass is 10.2. The highest BCUT2D eigenvalue weighted by atomic mass is 31.0. The molecule has 1 aromatic rings. The number of nitrogens with zero attached hydrogens (tertiary/aromatic N) is 1. The van der Waals surface area contributed by atoms with Crippen LogP contribution in [0.15, 0.2) is 24.3 Å². The van der Waals surface area contributed by atoms with Crippen LogP contribution in [-0.4, -0.2) is 13.2 Å². The smallest absolute Gasteiger partial charge is 0.119 e. The topological polar surface area (TPSA) is 45.0 Å². The van der Waals surface area contributed by atoms with E-state index < -0.39 is 0 Å². The molecule has 1 N–H and O–H groups in total. The highest BCUT2D eigenvalue weighted by Crippen LogP contribution is 2.13. The highest BCUT2D eigenvalue weighted by molar-refractivity contribution is 7.13. The van der Waals surface area contributed by atoms with Crippen LogP contribution in [0.25, 0.3) is 0 Å². The van der Waals surface area contributed by atoms with E-state index in [2.05, 4.69) is 20.5 Å². The van der Waals surface area contributed by atoms with E-state index in [1.165, 1.54) is 0 Å². The minimum atomic E-state index is 0.430. The molecule has 0 spiro atoms. The van der Waals surface area contributed by atoms with Crippen LogP contribution in [-0.2, 0) is 6.42 Å². The average Bonchev–Trinajstić information content (AvgIpc) is 2.19. The summed E-state index contributed by atoms with van der Waals surface area (Å²) in [4.78, 5) is 0. The Kier molecular flexibility index (Phi) is 4.99. The fourth-order valence-corrected chi connectivity index (χ4v) is 1.18. The van der Waals surface area contributed by atoms with Gasteiger partial charge in [-0.15, -0.1) is 0 Å². The third-order valence-corrected chi connectivity index (χ3v) is 1.99. The van der Waals surface area contributed by atoms with Gasteiger partial charge in [-0.1, -0.05) is 21.5 Å². The van der Waals surface area contributed by atoms with E-state index in [0.717, 1.165) is 17.9 Å². The molecule has 1 atom stereocenters. The van der Waals surface area contributed by atoms with Crippen molar-refractivity contribution >= 4 is 9.39 Å². The predicted molar refractivity (Wildman–Crippen MR) is 59.0 cm³/mol. The zero-order valence-electron chi connectivity index (χ0n) is 7.86. The minimum absolute atomic E-state index is 0.430. The molecule has 0 aliphatic rings. The van der Waals surface area contributed by atoms with Gasteiger partial charge < -0.3 is 4.74 Å². The van der Waals surface area contributed by atoms with Gasteiger partial charge in [0, 0.05) is 6.54 Å². The molecule has 0 aliphatic heterocycles. The first-order valence-electron chi connectivity index (χ1n) is 4.39. The molecule has 3 nitrogen and oxygen atoms in total. The summed E-state index contributed by atoms with van der Waals surface area (Å²) < 4.78 is 5.45. The summed E-state index contributed by atoms with van der Waals surface area (Å²) in [5.41, 5.74) is 0.990. The number of hydrogen-bond donors (Lipinski definition) is 1. The van der Waals surface area contributed by atoms with E-state index in [1.807, 2.05) is 24.3 Å². The molecular weight excluding hydrogens is 195 g/mol. The van der Waals surface area contributed by atoms with Crippen molar-refractivity contribution in [3.63, 3.8) is 0 Å². The first kappa shape index (κ1) is 11.0. The van der Waals surface area contributed by atoms with Gasteiger partial charge in [0.25, 0.3) is 0 Å². The van der Waals surface area contributed by atoms with E-state index >= 15 is 0 Å². The summed E-state index contributed by atoms with van der Waals surface area (Å²) in [6, 6.07) is 9.71. The van der Waals surface area contributed by atoms with Crippen LogP contribution in [0, 0.1) is 11.3 Å². The lowest BCUT2D eigenvalue weighted by Crippen LogP contribution is -2.11. The molecule has 0 amide bonds. The van der Waals surface area contributed by atoms with Gasteiger partial charge in [-0.3, -0.25) is 5.09 Å². The first-order valence-corrected chi connectivity index (χ1v) is 4.96. The Balaban J connectivity index is 2.51. The average molecular weight is 208 g/mol. The molecule has 14 heavy (non-hydrogen) atoms. The standard InChI is InChI=1S/C10H13N2OP/c11-5-4-9-2-1-3-10(8-9)13-7-6-12-14/h1-3,8,12H,4,6-7,14H2. The number of ether oxygens (including phenoxy) is 1. The van der Waals surface area contributed by atoms with E-state index in [4.69, 9.17) is 10.00 Å². The molecule has 0 saturated carbocycles. The molecule has 0 heterocycles. The van der Waals surface area contributed by atoms with Crippen LogP contribution in [0.1, 0.15) is 5.56 Å². The van der Waals surface area contributed by atoms with Crippen molar-refractivity contribution < 1.29 is 4.74 Å². The van der Waals surface area contributed by atoms with Gasteiger partial charge in [-0.25, -0.2) is 0 Å². The molecule has 0 bridgehead atoms. The van der Waals surface area contributed by atoms with Gasteiger partial charge in [-0.2, -0.15) is 5.26 Å². The lowest BCUT2D eigenvalue weighted by Gasteiger charge is -2.06. The first-order chi connectivity index (χ1) is 6.86. The van der Waals surface area contributed by atoms with Gasteiger partial charge in [0.2, 0.25) is 0 Å². The fourth-order valence-electron chi connectivity index (χ4n) is 1.06. The molecule has 0 saturated heterocycles. The summed E-state index contributed by atoms with van der Waals surface area (Å²) in [6.45, 7) is 1.41. The van der Waals surface area contributed by atoms with E-state index in [-0.39, 0.29) is 0 Å². The number of hydrogen-bond acceptors (Lipinski definition) is 3. The predicted octanol–water partition coefficient (Wildman–Crippen LogP) is 1.51. The van der Waals surface area contributed by atoms with Gasteiger partial charge in [0.05, 0.1) is 12.5 Å². The van der Waals surface area contributed by atoms with Crippen molar-refractivity contribution in [3.8, 4) is 11.8 Å². The molecule has 1 rings (SSSR count). The molecule has 0 aromatic heterocycles. The summed E-state index contributed by atoms with van der Waals surface area (Å²) in [7, 11) is 2.42. The second-order valence-electron chi connectivity index (χ2n) is 2.78. The van der Waals surface area contributed by atoms with Crippen molar-refractivity contribution in [1.82, 2.24) is 5.09 Å². The largest absolute Gasteiger partial charge is 0.492 e. The zero-order chi connectivity index (χ0) is 10.2. The summed E-state index contributed by atoms with van der Waals surface area (Å²) >= 11 is 0. The van der Waals surface area contributed by atoms with Crippen LogP contribution in [0.4, 0.5) is 0 Å². The monoisotopic (exact) mass is 208 g/mol. The van der Waals surface area contributed by atoms with Crippen molar-refractivity contribution in [3.05, 3.63) is 29.8 Å². The van der Waals surface area contributed by atoms with E-state index in [1.54, 1.807) is 0 Å². The third-order valence-electron chi connectivity index (χ3n) is 1.70. The number of nitriles is 1. The highest BCUT2D eigenvalue weighted by Gasteiger charge is 1.95. The summed E-state index contributed by atoms with van der Waals surface area (Å²) in [5.74, 6) is 0.818. The van der Waals surface area contributed by atoms with Gasteiger partial charge >= 0.3 is 0 Å². The molecule has 0 radical (unpaired) electrons. The number of rotatable bonds is 5. The normalized spacial score (nSPS) is 9.43. The number of benzene rings is 1. The Bertz CT molecular complexity index is 322. The van der Waals surface area contributed by atoms with Crippen molar-refractivity contribution in [2.75, 3.05) is 13.2 Å². The molecule has 1 aromatic carbocycles.